The van der Waals surface area contributed by atoms with Crippen molar-refractivity contribution < 1.29 is 4.92 Å². The van der Waals surface area contributed by atoms with Crippen LogP contribution in [-0.4, -0.2) is 24.6 Å². The van der Waals surface area contributed by atoms with Crippen molar-refractivity contribution in [3.63, 3.8) is 0 Å². The van der Waals surface area contributed by atoms with Crippen molar-refractivity contribution >= 4 is 11.4 Å². The van der Waals surface area contributed by atoms with Crippen LogP contribution in [0.5, 0.6) is 0 Å². The van der Waals surface area contributed by atoms with E-state index in [1.54, 1.807) is 18.2 Å². The Balaban J connectivity index is 2.44. The number of hydrogen-bond donors (Lipinski definition) is 2. The summed E-state index contributed by atoms with van der Waals surface area (Å²) in [7, 11) is 0. The third-order valence-corrected chi connectivity index (χ3v) is 2.14. The van der Waals surface area contributed by atoms with E-state index < -0.39 is 0 Å². The monoisotopic (exact) mass is 223 g/mol. The molecule has 0 aliphatic heterocycles. The second-order valence-electron chi connectivity index (χ2n) is 3.45. The van der Waals surface area contributed by atoms with E-state index in [0.29, 0.717) is 12.2 Å². The molecule has 0 spiro atoms. The first-order chi connectivity index (χ1) is 7.75. The lowest BCUT2D eigenvalue weighted by Gasteiger charge is -2.07. The van der Waals surface area contributed by atoms with E-state index in [2.05, 4.69) is 17.6 Å². The summed E-state index contributed by atoms with van der Waals surface area (Å²) < 4.78 is 0. The molecule has 88 valence electrons. The molecule has 0 atom stereocenters. The standard InChI is InChI=1S/C11H17N3O2/c1-2-7-12-8-9-13-10-5-3-4-6-11(10)14(15)16/h3-6,12-13H,2,7-9H2,1H3. The van der Waals surface area contributed by atoms with Crippen molar-refractivity contribution in [3.8, 4) is 0 Å². The van der Waals surface area contributed by atoms with E-state index in [-0.39, 0.29) is 10.6 Å². The van der Waals surface area contributed by atoms with Gasteiger partial charge in [0.15, 0.2) is 0 Å². The zero-order valence-electron chi connectivity index (χ0n) is 9.40. The molecule has 0 aliphatic carbocycles. The molecule has 1 aromatic rings. The summed E-state index contributed by atoms with van der Waals surface area (Å²) >= 11 is 0. The molecule has 5 heteroatoms. The van der Waals surface area contributed by atoms with Crippen LogP contribution in [0, 0.1) is 10.1 Å². The van der Waals surface area contributed by atoms with Crippen molar-refractivity contribution in [3.05, 3.63) is 34.4 Å². The molecule has 0 amide bonds. The van der Waals surface area contributed by atoms with E-state index in [0.717, 1.165) is 19.5 Å². The molecule has 0 bridgehead atoms. The molecule has 5 nitrogen and oxygen atoms in total. The molecular formula is C11H17N3O2. The minimum atomic E-state index is -0.373. The molecule has 0 saturated heterocycles. The van der Waals surface area contributed by atoms with Crippen LogP contribution in [0.15, 0.2) is 24.3 Å². The van der Waals surface area contributed by atoms with Gasteiger partial charge in [-0.15, -0.1) is 0 Å². The summed E-state index contributed by atoms with van der Waals surface area (Å²) in [6, 6.07) is 6.67. The van der Waals surface area contributed by atoms with Gasteiger partial charge in [0.05, 0.1) is 4.92 Å². The van der Waals surface area contributed by atoms with Gasteiger partial charge in [0.25, 0.3) is 5.69 Å². The number of rotatable bonds is 7. The number of para-hydroxylation sites is 2. The Kier molecular flexibility index (Phi) is 5.28. The van der Waals surface area contributed by atoms with Crippen molar-refractivity contribution in [2.45, 2.75) is 13.3 Å². The highest BCUT2D eigenvalue weighted by Gasteiger charge is 2.10. The number of nitrogens with zero attached hydrogens (tertiary/aromatic N) is 1. The largest absolute Gasteiger partial charge is 0.378 e. The highest BCUT2D eigenvalue weighted by molar-refractivity contribution is 5.60. The van der Waals surface area contributed by atoms with E-state index in [1.165, 1.54) is 6.07 Å². The Hall–Kier alpha value is -1.62. The number of hydrogen-bond acceptors (Lipinski definition) is 4. The van der Waals surface area contributed by atoms with Gasteiger partial charge < -0.3 is 10.6 Å². The zero-order chi connectivity index (χ0) is 11.8. The Morgan fingerprint density at radius 3 is 2.69 bits per heavy atom. The molecule has 1 aromatic carbocycles. The van der Waals surface area contributed by atoms with Crippen LogP contribution in [0.3, 0.4) is 0 Å². The quantitative estimate of drug-likeness (QED) is 0.421. The van der Waals surface area contributed by atoms with E-state index >= 15 is 0 Å². The van der Waals surface area contributed by atoms with Crippen molar-refractivity contribution in [1.82, 2.24) is 5.32 Å². The van der Waals surface area contributed by atoms with Crippen LogP contribution in [0.25, 0.3) is 0 Å². The van der Waals surface area contributed by atoms with E-state index in [1.807, 2.05) is 0 Å². The first-order valence-electron chi connectivity index (χ1n) is 5.43. The zero-order valence-corrected chi connectivity index (χ0v) is 9.40. The van der Waals surface area contributed by atoms with Crippen LogP contribution in [0.4, 0.5) is 11.4 Å². The molecule has 16 heavy (non-hydrogen) atoms. The van der Waals surface area contributed by atoms with Crippen LogP contribution in [0.1, 0.15) is 13.3 Å². The van der Waals surface area contributed by atoms with Gasteiger partial charge in [-0.3, -0.25) is 10.1 Å². The molecule has 0 saturated carbocycles. The first-order valence-corrected chi connectivity index (χ1v) is 5.43. The molecule has 0 heterocycles. The minimum Gasteiger partial charge on any atom is -0.378 e. The maximum absolute atomic E-state index is 10.7. The van der Waals surface area contributed by atoms with E-state index in [4.69, 9.17) is 0 Å². The fourth-order valence-corrected chi connectivity index (χ4v) is 1.37. The van der Waals surface area contributed by atoms with Crippen molar-refractivity contribution in [1.29, 1.82) is 0 Å². The second-order valence-corrected chi connectivity index (χ2v) is 3.45. The summed E-state index contributed by atoms with van der Waals surface area (Å²) in [6.45, 7) is 4.56. The van der Waals surface area contributed by atoms with Crippen LogP contribution < -0.4 is 10.6 Å². The van der Waals surface area contributed by atoms with Gasteiger partial charge in [0, 0.05) is 19.2 Å². The molecular weight excluding hydrogens is 206 g/mol. The van der Waals surface area contributed by atoms with Gasteiger partial charge in [-0.1, -0.05) is 19.1 Å². The molecule has 0 aromatic heterocycles. The average Bonchev–Trinajstić information content (AvgIpc) is 2.29. The fraction of sp³-hybridized carbons (Fsp3) is 0.455. The smallest absolute Gasteiger partial charge is 0.292 e. The Bertz CT molecular complexity index is 342. The third kappa shape index (κ3) is 3.86. The number of nitrogens with one attached hydrogen (secondary N) is 2. The first kappa shape index (κ1) is 12.4. The predicted molar refractivity (Wildman–Crippen MR) is 64.7 cm³/mol. The topological polar surface area (TPSA) is 67.2 Å². The predicted octanol–water partition coefficient (Wildman–Crippen LogP) is 2.01. The van der Waals surface area contributed by atoms with Gasteiger partial charge in [-0.25, -0.2) is 0 Å². The number of nitro groups is 1. The highest BCUT2D eigenvalue weighted by Crippen LogP contribution is 2.22. The molecule has 1 rings (SSSR count). The second kappa shape index (κ2) is 6.79. The van der Waals surface area contributed by atoms with Crippen molar-refractivity contribution in [2.75, 3.05) is 25.0 Å². The number of benzene rings is 1. The molecule has 2 N–H and O–H groups in total. The van der Waals surface area contributed by atoms with Gasteiger partial charge in [-0.05, 0) is 19.0 Å². The van der Waals surface area contributed by atoms with Crippen LogP contribution in [-0.2, 0) is 0 Å². The van der Waals surface area contributed by atoms with Crippen LogP contribution in [0.2, 0.25) is 0 Å². The fourth-order valence-electron chi connectivity index (χ4n) is 1.37. The number of nitro benzene ring substituents is 1. The summed E-state index contributed by atoms with van der Waals surface area (Å²) in [6.07, 6.45) is 1.09. The maximum Gasteiger partial charge on any atom is 0.292 e. The normalized spacial score (nSPS) is 10.1. The summed E-state index contributed by atoms with van der Waals surface area (Å²) in [5, 5.41) is 17.0. The Morgan fingerprint density at radius 2 is 2.00 bits per heavy atom. The Morgan fingerprint density at radius 1 is 1.25 bits per heavy atom. The minimum absolute atomic E-state index is 0.123. The average molecular weight is 223 g/mol. The lowest BCUT2D eigenvalue weighted by atomic mass is 10.2. The van der Waals surface area contributed by atoms with Gasteiger partial charge >= 0.3 is 0 Å². The highest BCUT2D eigenvalue weighted by atomic mass is 16.6. The molecule has 0 fully saturated rings. The number of anilines is 1. The summed E-state index contributed by atoms with van der Waals surface area (Å²) in [4.78, 5) is 10.3. The van der Waals surface area contributed by atoms with Gasteiger partial charge in [-0.2, -0.15) is 0 Å². The van der Waals surface area contributed by atoms with E-state index in [9.17, 15) is 10.1 Å². The third-order valence-electron chi connectivity index (χ3n) is 2.14. The molecule has 0 aliphatic rings. The molecule has 0 unspecified atom stereocenters. The summed E-state index contributed by atoms with van der Waals surface area (Å²) in [5.74, 6) is 0. The SMILES string of the molecule is CCCNCCNc1ccccc1[N+](=O)[O-]. The maximum atomic E-state index is 10.7. The van der Waals surface area contributed by atoms with Gasteiger partial charge in [0.2, 0.25) is 0 Å². The Labute approximate surface area is 95.0 Å². The lowest BCUT2D eigenvalue weighted by Crippen LogP contribution is -2.22. The molecule has 0 radical (unpaired) electrons. The summed E-state index contributed by atoms with van der Waals surface area (Å²) in [5.41, 5.74) is 0.698. The van der Waals surface area contributed by atoms with Crippen LogP contribution >= 0.6 is 0 Å². The van der Waals surface area contributed by atoms with Gasteiger partial charge in [0.1, 0.15) is 5.69 Å². The lowest BCUT2D eigenvalue weighted by molar-refractivity contribution is -0.384. The van der Waals surface area contributed by atoms with Crippen molar-refractivity contribution in [2.24, 2.45) is 0 Å².